The van der Waals surface area contributed by atoms with Crippen LogP contribution in [0.15, 0.2) is 59.8 Å². The minimum Gasteiger partial charge on any atom is -0.497 e. The second kappa shape index (κ2) is 10.2. The molecule has 0 radical (unpaired) electrons. The second-order valence-corrected chi connectivity index (χ2v) is 11.5. The Balaban J connectivity index is 1.40. The van der Waals surface area contributed by atoms with E-state index in [1.54, 1.807) is 36.5 Å². The van der Waals surface area contributed by atoms with Crippen molar-refractivity contribution in [3.8, 4) is 16.9 Å². The molecule has 1 aliphatic heterocycles. The van der Waals surface area contributed by atoms with E-state index < -0.39 is 10.0 Å². The number of hydrogen-bond acceptors (Lipinski definition) is 8. The highest BCUT2D eigenvalue weighted by Crippen LogP contribution is 2.32. The molecular weight excluding hydrogens is 518 g/mol. The number of nitrogens with zero attached hydrogens (tertiary/aromatic N) is 5. The molecule has 3 N–H and O–H groups in total. The van der Waals surface area contributed by atoms with Crippen molar-refractivity contribution < 1.29 is 17.9 Å². The standard InChI is InChI=1S/C27H31N7O4S/c1-17-12-18(31-39(36,37)21-7-5-6-20(13-21)38-4)8-9-22(17)23-14-29-26-24(15-30-34(26)25(23)28)27(35)33-11-10-19(16-33)32(2)3/h5-9,12-15,19,31H,10-11,16,28H2,1-4H3. The van der Waals surface area contributed by atoms with Crippen LogP contribution in [-0.4, -0.2) is 79.1 Å². The summed E-state index contributed by atoms with van der Waals surface area (Å²) in [6, 6.07) is 11.7. The minimum absolute atomic E-state index is 0.0951. The van der Waals surface area contributed by atoms with Crippen molar-refractivity contribution in [1.29, 1.82) is 0 Å². The number of ether oxygens (including phenoxy) is 1. The Kier molecular flexibility index (Phi) is 6.91. The molecule has 5 rings (SSSR count). The van der Waals surface area contributed by atoms with Crippen LogP contribution in [-0.2, 0) is 10.0 Å². The molecule has 0 spiro atoms. The molecular formula is C27H31N7O4S. The Hall–Kier alpha value is -4.16. The number of nitrogens with two attached hydrogens (primary N) is 1. The number of aryl methyl sites for hydroxylation is 1. The first-order valence-corrected chi connectivity index (χ1v) is 13.9. The van der Waals surface area contributed by atoms with Gasteiger partial charge in [0.25, 0.3) is 15.9 Å². The molecule has 1 unspecified atom stereocenters. The number of likely N-dealkylation sites (N-methyl/N-ethyl adjacent to an activating group) is 1. The summed E-state index contributed by atoms with van der Waals surface area (Å²) in [7, 11) is 1.70. The van der Waals surface area contributed by atoms with E-state index in [0.29, 0.717) is 53.2 Å². The molecule has 2 aromatic heterocycles. The summed E-state index contributed by atoms with van der Waals surface area (Å²) >= 11 is 0. The molecule has 0 aliphatic carbocycles. The zero-order chi connectivity index (χ0) is 27.9. The lowest BCUT2D eigenvalue weighted by Gasteiger charge is -2.20. The maximum Gasteiger partial charge on any atom is 0.262 e. The van der Waals surface area contributed by atoms with Crippen molar-refractivity contribution in [2.45, 2.75) is 24.3 Å². The number of rotatable bonds is 7. The van der Waals surface area contributed by atoms with Crippen molar-refractivity contribution >= 4 is 33.1 Å². The Morgan fingerprint density at radius 1 is 1.15 bits per heavy atom. The van der Waals surface area contributed by atoms with Crippen molar-refractivity contribution in [3.63, 3.8) is 0 Å². The van der Waals surface area contributed by atoms with Gasteiger partial charge in [0.05, 0.1) is 18.2 Å². The number of carbonyl (C=O) groups is 1. The molecule has 1 aliphatic rings. The maximum atomic E-state index is 13.2. The van der Waals surface area contributed by atoms with Gasteiger partial charge in [-0.05, 0) is 62.8 Å². The van der Waals surface area contributed by atoms with Crippen LogP contribution in [0.25, 0.3) is 16.8 Å². The lowest BCUT2D eigenvalue weighted by Crippen LogP contribution is -2.34. The lowest BCUT2D eigenvalue weighted by molar-refractivity contribution is 0.0784. The summed E-state index contributed by atoms with van der Waals surface area (Å²) in [5.74, 6) is 0.668. The number of methoxy groups -OCH3 is 1. The summed E-state index contributed by atoms with van der Waals surface area (Å²) in [6.45, 7) is 3.19. The Morgan fingerprint density at radius 3 is 2.64 bits per heavy atom. The number of fused-ring (bicyclic) bond motifs is 1. The first kappa shape index (κ1) is 26.4. The zero-order valence-corrected chi connectivity index (χ0v) is 23.1. The summed E-state index contributed by atoms with van der Waals surface area (Å²) in [5, 5.41) is 4.36. The van der Waals surface area contributed by atoms with E-state index in [2.05, 4.69) is 19.7 Å². The van der Waals surface area contributed by atoms with E-state index >= 15 is 0 Å². The molecule has 4 aromatic rings. The highest BCUT2D eigenvalue weighted by molar-refractivity contribution is 7.92. The van der Waals surface area contributed by atoms with Crippen LogP contribution < -0.4 is 15.2 Å². The van der Waals surface area contributed by atoms with E-state index in [0.717, 1.165) is 17.5 Å². The lowest BCUT2D eigenvalue weighted by atomic mass is 10.0. The van der Waals surface area contributed by atoms with Crippen molar-refractivity contribution in [1.82, 2.24) is 24.4 Å². The van der Waals surface area contributed by atoms with Gasteiger partial charge >= 0.3 is 0 Å². The van der Waals surface area contributed by atoms with Crippen molar-refractivity contribution in [2.75, 3.05) is 44.8 Å². The predicted molar refractivity (Wildman–Crippen MR) is 149 cm³/mol. The van der Waals surface area contributed by atoms with Gasteiger partial charge in [-0.15, -0.1) is 0 Å². The third-order valence-electron chi connectivity index (χ3n) is 7.10. The molecule has 1 amide bonds. The van der Waals surface area contributed by atoms with Crippen LogP contribution in [0.4, 0.5) is 11.5 Å². The van der Waals surface area contributed by atoms with Gasteiger partial charge in [0.1, 0.15) is 17.1 Å². The fourth-order valence-corrected chi connectivity index (χ4v) is 5.92. The number of nitrogens with one attached hydrogen (secondary N) is 1. The second-order valence-electron chi connectivity index (χ2n) is 9.82. The first-order valence-electron chi connectivity index (χ1n) is 12.4. The molecule has 204 valence electrons. The third kappa shape index (κ3) is 5.00. The van der Waals surface area contributed by atoms with E-state index in [-0.39, 0.29) is 10.8 Å². The molecule has 0 bridgehead atoms. The summed E-state index contributed by atoms with van der Waals surface area (Å²) in [4.78, 5) is 21.8. The average Bonchev–Trinajstić information content (AvgIpc) is 3.58. The molecule has 11 nitrogen and oxygen atoms in total. The number of anilines is 2. The van der Waals surface area contributed by atoms with Crippen LogP contribution >= 0.6 is 0 Å². The Labute approximate surface area is 227 Å². The topological polar surface area (TPSA) is 135 Å². The number of carbonyl (C=O) groups excluding carboxylic acids is 1. The van der Waals surface area contributed by atoms with Gasteiger partial charge in [0, 0.05) is 42.6 Å². The van der Waals surface area contributed by atoms with Gasteiger partial charge in [-0.25, -0.2) is 13.4 Å². The Morgan fingerprint density at radius 2 is 1.95 bits per heavy atom. The molecule has 0 saturated carbocycles. The fourth-order valence-electron chi connectivity index (χ4n) is 4.84. The smallest absolute Gasteiger partial charge is 0.262 e. The number of benzene rings is 2. The van der Waals surface area contributed by atoms with Gasteiger partial charge in [-0.1, -0.05) is 12.1 Å². The van der Waals surface area contributed by atoms with E-state index in [4.69, 9.17) is 10.5 Å². The summed E-state index contributed by atoms with van der Waals surface area (Å²) in [5.41, 5.74) is 9.88. The normalized spacial score (nSPS) is 15.7. The average molecular weight is 550 g/mol. The number of aromatic nitrogens is 3. The summed E-state index contributed by atoms with van der Waals surface area (Å²) in [6.07, 6.45) is 4.05. The van der Waals surface area contributed by atoms with E-state index in [9.17, 15) is 13.2 Å². The quantitative estimate of drug-likeness (QED) is 0.359. The minimum atomic E-state index is -3.82. The molecule has 12 heteroatoms. The van der Waals surface area contributed by atoms with Gasteiger partial charge in [-0.3, -0.25) is 9.52 Å². The molecule has 39 heavy (non-hydrogen) atoms. The number of amides is 1. The number of nitrogen functional groups attached to an aromatic ring is 1. The number of hydrogen-bond donors (Lipinski definition) is 2. The monoisotopic (exact) mass is 549 g/mol. The highest BCUT2D eigenvalue weighted by atomic mass is 32.2. The van der Waals surface area contributed by atoms with Gasteiger partial charge in [0.15, 0.2) is 5.65 Å². The first-order chi connectivity index (χ1) is 18.6. The van der Waals surface area contributed by atoms with E-state index in [1.165, 1.54) is 30.0 Å². The van der Waals surface area contributed by atoms with Crippen LogP contribution in [0.3, 0.4) is 0 Å². The molecule has 3 heterocycles. The van der Waals surface area contributed by atoms with Crippen LogP contribution in [0.1, 0.15) is 22.3 Å². The third-order valence-corrected chi connectivity index (χ3v) is 8.47. The molecule has 1 saturated heterocycles. The maximum absolute atomic E-state index is 13.2. The number of likely N-dealkylation sites (tertiary alicyclic amines) is 1. The fraction of sp³-hybridized carbons (Fsp3) is 0.296. The molecule has 2 aromatic carbocycles. The predicted octanol–water partition coefficient (Wildman–Crippen LogP) is 2.87. The largest absolute Gasteiger partial charge is 0.497 e. The SMILES string of the molecule is COc1cccc(S(=O)(=O)Nc2ccc(-c3cnc4c(C(=O)N5CCC(N(C)C)C5)cnn4c3N)c(C)c2)c1. The van der Waals surface area contributed by atoms with Gasteiger partial charge in [-0.2, -0.15) is 9.61 Å². The zero-order valence-electron chi connectivity index (χ0n) is 22.2. The van der Waals surface area contributed by atoms with Crippen molar-refractivity contribution in [3.05, 3.63) is 66.0 Å². The van der Waals surface area contributed by atoms with Crippen molar-refractivity contribution in [2.24, 2.45) is 0 Å². The van der Waals surface area contributed by atoms with Gasteiger partial charge in [0.2, 0.25) is 0 Å². The highest BCUT2D eigenvalue weighted by Gasteiger charge is 2.30. The van der Waals surface area contributed by atoms with Crippen LogP contribution in [0.5, 0.6) is 5.75 Å². The van der Waals surface area contributed by atoms with Crippen LogP contribution in [0, 0.1) is 6.92 Å². The number of sulfonamides is 1. The molecule has 1 atom stereocenters. The van der Waals surface area contributed by atoms with Crippen LogP contribution in [0.2, 0.25) is 0 Å². The molecule has 1 fully saturated rings. The van der Waals surface area contributed by atoms with E-state index in [1.807, 2.05) is 25.9 Å². The van der Waals surface area contributed by atoms with Gasteiger partial charge < -0.3 is 20.3 Å². The summed E-state index contributed by atoms with van der Waals surface area (Å²) < 4.78 is 35.0. The Bertz CT molecular complexity index is 1670.